The maximum absolute atomic E-state index is 11.0. The summed E-state index contributed by atoms with van der Waals surface area (Å²) in [5.74, 6) is -0.726. The molecule has 19 heavy (non-hydrogen) atoms. The Morgan fingerprint density at radius 1 is 1.53 bits per heavy atom. The average Bonchev–Trinajstić information content (AvgIpc) is 2.83. The Kier molecular flexibility index (Phi) is 9.32. The monoisotopic (exact) mass is 289 g/mol. The Hall–Kier alpha value is -1.02. The van der Waals surface area contributed by atoms with Gasteiger partial charge in [0.05, 0.1) is 5.51 Å². The number of aliphatic hydroxyl groups is 1. The minimum absolute atomic E-state index is 0.0734. The molecule has 0 aliphatic rings. The number of carboxylic acids is 1. The van der Waals surface area contributed by atoms with E-state index >= 15 is 0 Å². The van der Waals surface area contributed by atoms with Gasteiger partial charge in [-0.25, -0.2) is 0 Å². The van der Waals surface area contributed by atoms with Crippen LogP contribution in [0.3, 0.4) is 0 Å². The lowest BCUT2D eigenvalue weighted by molar-refractivity contribution is -0.140. The van der Waals surface area contributed by atoms with Gasteiger partial charge in [0.25, 0.3) is 0 Å². The van der Waals surface area contributed by atoms with Crippen molar-refractivity contribution in [3.05, 3.63) is 16.6 Å². The minimum atomic E-state index is -0.800. The molecule has 0 spiro atoms. The van der Waals surface area contributed by atoms with E-state index in [2.05, 4.69) is 10.3 Å². The fourth-order valence-corrected chi connectivity index (χ4v) is 2.18. The lowest BCUT2D eigenvalue weighted by atomic mass is 10.1. The van der Waals surface area contributed by atoms with Crippen molar-refractivity contribution in [1.82, 2.24) is 15.2 Å². The number of aromatic nitrogens is 1. The van der Waals surface area contributed by atoms with Crippen molar-refractivity contribution in [1.29, 1.82) is 0 Å². The molecule has 6 nitrogen and oxygen atoms in total. The summed E-state index contributed by atoms with van der Waals surface area (Å²) in [6.07, 6.45) is 1.83. The van der Waals surface area contributed by atoms with Crippen molar-refractivity contribution in [2.24, 2.45) is 5.92 Å². The second kappa shape index (κ2) is 9.85. The van der Waals surface area contributed by atoms with E-state index < -0.39 is 12.0 Å². The van der Waals surface area contributed by atoms with Crippen LogP contribution in [0, 0.1) is 5.92 Å². The van der Waals surface area contributed by atoms with Crippen LogP contribution in [0.15, 0.2) is 11.7 Å². The number of nitrogens with zero attached hydrogens (tertiary/aromatic N) is 2. The third-order valence-corrected chi connectivity index (χ3v) is 3.19. The van der Waals surface area contributed by atoms with Gasteiger partial charge >= 0.3 is 5.97 Å². The third-order valence-electron chi connectivity index (χ3n) is 2.42. The first-order valence-electron chi connectivity index (χ1n) is 5.97. The van der Waals surface area contributed by atoms with Crippen LogP contribution >= 0.6 is 11.3 Å². The highest BCUT2D eigenvalue weighted by atomic mass is 32.1. The molecule has 0 amide bonds. The maximum atomic E-state index is 11.0. The van der Waals surface area contributed by atoms with E-state index in [0.29, 0.717) is 6.67 Å². The van der Waals surface area contributed by atoms with Gasteiger partial charge in [-0.15, -0.1) is 11.3 Å². The smallest absolute Gasteiger partial charge is 0.320 e. The predicted molar refractivity (Wildman–Crippen MR) is 76.0 cm³/mol. The number of rotatable bonds is 7. The molecular weight excluding hydrogens is 266 g/mol. The molecule has 0 bridgehead atoms. The normalized spacial score (nSPS) is 12.2. The van der Waals surface area contributed by atoms with Gasteiger partial charge in [0, 0.05) is 31.4 Å². The highest BCUT2D eigenvalue weighted by molar-refractivity contribution is 7.09. The van der Waals surface area contributed by atoms with E-state index in [1.807, 2.05) is 32.0 Å². The minimum Gasteiger partial charge on any atom is -0.480 e. The molecule has 0 saturated carbocycles. The van der Waals surface area contributed by atoms with Gasteiger partial charge in [0.1, 0.15) is 6.04 Å². The summed E-state index contributed by atoms with van der Waals surface area (Å²) in [4.78, 5) is 18.2. The Morgan fingerprint density at radius 3 is 2.58 bits per heavy atom. The van der Waals surface area contributed by atoms with Crippen molar-refractivity contribution in [2.75, 3.05) is 20.8 Å². The van der Waals surface area contributed by atoms with Crippen LogP contribution in [0.4, 0.5) is 0 Å². The molecule has 1 rings (SSSR count). The summed E-state index contributed by atoms with van der Waals surface area (Å²) >= 11 is 1.60. The molecule has 1 atom stereocenters. The van der Waals surface area contributed by atoms with Crippen LogP contribution in [-0.4, -0.2) is 52.9 Å². The number of nitrogens with one attached hydrogen (secondary N) is 1. The van der Waals surface area contributed by atoms with Crippen LogP contribution in [0.2, 0.25) is 0 Å². The first-order chi connectivity index (χ1) is 9.00. The molecule has 0 saturated heterocycles. The van der Waals surface area contributed by atoms with E-state index in [1.165, 1.54) is 4.88 Å². The van der Waals surface area contributed by atoms with Crippen molar-refractivity contribution in [3.8, 4) is 0 Å². The van der Waals surface area contributed by atoms with Crippen molar-refractivity contribution >= 4 is 17.3 Å². The largest absolute Gasteiger partial charge is 0.480 e. The fraction of sp³-hybridized carbons (Fsp3) is 0.667. The fourth-order valence-electron chi connectivity index (χ4n) is 1.50. The summed E-state index contributed by atoms with van der Waals surface area (Å²) in [5.41, 5.74) is 1.80. The maximum Gasteiger partial charge on any atom is 0.320 e. The zero-order chi connectivity index (χ0) is 14.8. The highest BCUT2D eigenvalue weighted by Gasteiger charge is 2.20. The van der Waals surface area contributed by atoms with Gasteiger partial charge in [-0.3, -0.25) is 20.0 Å². The van der Waals surface area contributed by atoms with Gasteiger partial charge in [0.2, 0.25) is 0 Å². The van der Waals surface area contributed by atoms with Gasteiger partial charge in [-0.1, -0.05) is 13.8 Å². The zero-order valence-corrected chi connectivity index (χ0v) is 12.6. The quantitative estimate of drug-likeness (QED) is 0.645. The van der Waals surface area contributed by atoms with Crippen LogP contribution in [0.5, 0.6) is 0 Å². The summed E-state index contributed by atoms with van der Waals surface area (Å²) < 4.78 is 0. The van der Waals surface area contributed by atoms with Gasteiger partial charge in [-0.2, -0.15) is 0 Å². The highest BCUT2D eigenvalue weighted by Crippen LogP contribution is 2.08. The van der Waals surface area contributed by atoms with Crippen molar-refractivity contribution in [3.63, 3.8) is 0 Å². The number of aliphatic carboxylic acids is 1. The zero-order valence-electron chi connectivity index (χ0n) is 11.8. The first kappa shape index (κ1) is 18.0. The Balaban J connectivity index is 0.00000154. The Bertz CT molecular complexity index is 344. The van der Waals surface area contributed by atoms with Crippen LogP contribution < -0.4 is 5.32 Å². The summed E-state index contributed by atoms with van der Waals surface area (Å²) in [6.45, 7) is 5.12. The first-order valence-corrected chi connectivity index (χ1v) is 6.85. The van der Waals surface area contributed by atoms with Crippen LogP contribution in [0.1, 0.15) is 18.7 Å². The topological polar surface area (TPSA) is 85.7 Å². The van der Waals surface area contributed by atoms with Crippen LogP contribution in [-0.2, 0) is 11.3 Å². The van der Waals surface area contributed by atoms with E-state index in [0.717, 1.165) is 13.7 Å². The second-order valence-electron chi connectivity index (χ2n) is 4.40. The average molecular weight is 289 g/mol. The van der Waals surface area contributed by atoms with Crippen molar-refractivity contribution < 1.29 is 15.0 Å². The summed E-state index contributed by atoms with van der Waals surface area (Å²) in [7, 11) is 2.95. The SMILES string of the molecule is CC(C)C(NCN(C)Cc1cncs1)C(=O)O.CO. The summed E-state index contributed by atoms with van der Waals surface area (Å²) in [5, 5.41) is 19.1. The molecule has 1 aromatic rings. The van der Waals surface area contributed by atoms with Gasteiger partial charge in [-0.05, 0) is 13.0 Å². The lowest BCUT2D eigenvalue weighted by Gasteiger charge is -2.22. The second-order valence-corrected chi connectivity index (χ2v) is 5.37. The molecule has 110 valence electrons. The third kappa shape index (κ3) is 7.22. The molecule has 0 aliphatic heterocycles. The van der Waals surface area contributed by atoms with Gasteiger partial charge < -0.3 is 10.2 Å². The number of carboxylic acid groups (broad SMARTS) is 1. The molecule has 0 aromatic carbocycles. The molecule has 0 aliphatic carbocycles. The number of carbonyl (C=O) groups is 1. The molecule has 1 heterocycles. The van der Waals surface area contributed by atoms with Crippen LogP contribution in [0.25, 0.3) is 0 Å². The Labute approximate surface area is 118 Å². The molecule has 1 unspecified atom stereocenters. The molecule has 0 radical (unpaired) electrons. The lowest BCUT2D eigenvalue weighted by Crippen LogP contribution is -2.45. The van der Waals surface area contributed by atoms with E-state index in [9.17, 15) is 4.79 Å². The van der Waals surface area contributed by atoms with Crippen molar-refractivity contribution in [2.45, 2.75) is 26.4 Å². The molecule has 7 heteroatoms. The molecule has 1 aromatic heterocycles. The molecule has 0 fully saturated rings. The predicted octanol–water partition coefficient (Wildman–Crippen LogP) is 0.840. The van der Waals surface area contributed by atoms with E-state index in [4.69, 9.17) is 10.2 Å². The Morgan fingerprint density at radius 2 is 2.16 bits per heavy atom. The number of hydrogen-bond acceptors (Lipinski definition) is 6. The summed E-state index contributed by atoms with van der Waals surface area (Å²) in [6, 6.07) is -0.501. The molecular formula is C12H23N3O3S. The standard InChI is InChI=1S/C11H19N3O2S.CH4O/c1-8(2)10(11(15)16)13-6-14(3)5-9-4-12-7-17-9;1-2/h4,7-8,10,13H,5-6H2,1-3H3,(H,15,16);2H,1H3. The van der Waals surface area contributed by atoms with E-state index in [-0.39, 0.29) is 5.92 Å². The number of aliphatic hydroxyl groups excluding tert-OH is 1. The van der Waals surface area contributed by atoms with E-state index in [1.54, 1.807) is 16.8 Å². The number of hydrogen-bond donors (Lipinski definition) is 3. The number of thiazole rings is 1. The van der Waals surface area contributed by atoms with Gasteiger partial charge in [0.15, 0.2) is 0 Å². The molecule has 3 N–H and O–H groups in total.